The summed E-state index contributed by atoms with van der Waals surface area (Å²) in [5.74, 6) is 0.0426. The van der Waals surface area contributed by atoms with Crippen LogP contribution in [0.3, 0.4) is 0 Å². The number of hydrogen-bond acceptors (Lipinski definition) is 4. The van der Waals surface area contributed by atoms with Gasteiger partial charge in [0.25, 0.3) is 0 Å². The average molecular weight is 309 g/mol. The number of piperazine rings is 1. The molecule has 2 N–H and O–H groups in total. The molecule has 0 aliphatic carbocycles. The van der Waals surface area contributed by atoms with Crippen LogP contribution < -0.4 is 5.73 Å². The Morgan fingerprint density at radius 3 is 2.38 bits per heavy atom. The number of nitrogens with two attached hydrogens (primary N) is 1. The van der Waals surface area contributed by atoms with Crippen molar-refractivity contribution in [1.29, 1.82) is 0 Å². The molecule has 21 heavy (non-hydrogen) atoms. The highest BCUT2D eigenvalue weighted by molar-refractivity contribution is 7.89. The van der Waals surface area contributed by atoms with Gasteiger partial charge < -0.3 is 5.73 Å². The van der Waals surface area contributed by atoms with Gasteiger partial charge in [0.1, 0.15) is 0 Å². The maximum absolute atomic E-state index is 11.9. The maximum atomic E-state index is 11.9. The maximum Gasteiger partial charge on any atom is 0.215 e. The molecule has 0 saturated carbocycles. The molecule has 0 amide bonds. The first-order chi connectivity index (χ1) is 10.1. The van der Waals surface area contributed by atoms with Crippen molar-refractivity contribution in [3.63, 3.8) is 0 Å². The highest BCUT2D eigenvalue weighted by atomic mass is 32.2. The quantitative estimate of drug-likeness (QED) is 0.836. The number of sulfonamides is 1. The van der Waals surface area contributed by atoms with Crippen molar-refractivity contribution in [2.24, 2.45) is 5.73 Å². The molecule has 6 heteroatoms. The van der Waals surface area contributed by atoms with Gasteiger partial charge in [0, 0.05) is 39.3 Å². The third-order valence-corrected chi connectivity index (χ3v) is 5.48. The molecule has 1 saturated heterocycles. The zero-order chi connectivity index (χ0) is 15.1. The Balaban J connectivity index is 1.78. The van der Waals surface area contributed by atoms with Crippen LogP contribution in [-0.2, 0) is 10.0 Å². The van der Waals surface area contributed by atoms with Gasteiger partial charge in [0.2, 0.25) is 10.0 Å². The van der Waals surface area contributed by atoms with E-state index in [1.165, 1.54) is 5.56 Å². The third-order valence-electron chi connectivity index (χ3n) is 3.57. The molecular weight excluding hydrogens is 286 g/mol. The first-order valence-electron chi connectivity index (χ1n) is 7.23. The molecule has 0 bridgehead atoms. The summed E-state index contributed by atoms with van der Waals surface area (Å²) >= 11 is 0. The molecule has 1 heterocycles. The zero-order valence-corrected chi connectivity index (χ0v) is 13.0. The van der Waals surface area contributed by atoms with Crippen molar-refractivity contribution in [3.05, 3.63) is 42.0 Å². The lowest BCUT2D eigenvalue weighted by molar-refractivity contribution is 0.204. The van der Waals surface area contributed by atoms with E-state index in [1.807, 2.05) is 18.2 Å². The first-order valence-corrected chi connectivity index (χ1v) is 8.84. The van der Waals surface area contributed by atoms with E-state index in [9.17, 15) is 8.42 Å². The van der Waals surface area contributed by atoms with Crippen molar-refractivity contribution < 1.29 is 8.42 Å². The van der Waals surface area contributed by atoms with Crippen LogP contribution in [0, 0.1) is 0 Å². The first kappa shape index (κ1) is 16.2. The number of nitrogens with zero attached hydrogens (tertiary/aromatic N) is 2. The Morgan fingerprint density at radius 1 is 1.10 bits per heavy atom. The predicted octanol–water partition coefficient (Wildman–Crippen LogP) is 0.606. The van der Waals surface area contributed by atoms with Crippen molar-refractivity contribution in [2.75, 3.05) is 45.0 Å². The lowest BCUT2D eigenvalue weighted by Gasteiger charge is -2.33. The molecule has 116 valence electrons. The van der Waals surface area contributed by atoms with E-state index >= 15 is 0 Å². The van der Waals surface area contributed by atoms with Gasteiger partial charge in [-0.15, -0.1) is 0 Å². The molecule has 1 aliphatic heterocycles. The van der Waals surface area contributed by atoms with Gasteiger partial charge in [-0.1, -0.05) is 42.5 Å². The molecule has 1 fully saturated rings. The standard InChI is InChI=1S/C15H23N3O2S/c16-8-14-21(19,20)18-12-10-17(11-13-18)9-4-7-15-5-2-1-3-6-15/h1-7H,8-14,16H2/b7-4+. The monoisotopic (exact) mass is 309 g/mol. The van der Waals surface area contributed by atoms with Crippen LogP contribution in [0.25, 0.3) is 6.08 Å². The van der Waals surface area contributed by atoms with E-state index in [0.29, 0.717) is 13.1 Å². The second-order valence-corrected chi connectivity index (χ2v) is 7.21. The van der Waals surface area contributed by atoms with E-state index in [-0.39, 0.29) is 12.3 Å². The lowest BCUT2D eigenvalue weighted by Crippen LogP contribution is -2.49. The molecule has 1 aromatic rings. The van der Waals surface area contributed by atoms with E-state index in [0.717, 1.165) is 19.6 Å². The van der Waals surface area contributed by atoms with Crippen LogP contribution in [0.4, 0.5) is 0 Å². The largest absolute Gasteiger partial charge is 0.329 e. The van der Waals surface area contributed by atoms with Gasteiger partial charge in [-0.05, 0) is 5.56 Å². The van der Waals surface area contributed by atoms with Crippen molar-refractivity contribution in [2.45, 2.75) is 0 Å². The number of benzene rings is 1. The molecule has 0 aromatic heterocycles. The van der Waals surface area contributed by atoms with E-state index in [2.05, 4.69) is 29.2 Å². The average Bonchev–Trinajstić information content (AvgIpc) is 2.49. The molecular formula is C15H23N3O2S. The van der Waals surface area contributed by atoms with Crippen molar-refractivity contribution in [3.8, 4) is 0 Å². The predicted molar refractivity (Wildman–Crippen MR) is 86.3 cm³/mol. The molecule has 0 atom stereocenters. The second kappa shape index (κ2) is 7.70. The topological polar surface area (TPSA) is 66.6 Å². The van der Waals surface area contributed by atoms with E-state index < -0.39 is 10.0 Å². The minimum absolute atomic E-state index is 0.0426. The molecule has 0 unspecified atom stereocenters. The van der Waals surface area contributed by atoms with Crippen LogP contribution in [-0.4, -0.2) is 62.6 Å². The van der Waals surface area contributed by atoms with Crippen LogP contribution >= 0.6 is 0 Å². The lowest BCUT2D eigenvalue weighted by atomic mass is 10.2. The normalized spacial score (nSPS) is 18.3. The highest BCUT2D eigenvalue weighted by Gasteiger charge is 2.25. The minimum atomic E-state index is -3.16. The Hall–Kier alpha value is -1.21. The third kappa shape index (κ3) is 4.93. The Kier molecular flexibility index (Phi) is 5.93. The van der Waals surface area contributed by atoms with Gasteiger partial charge in [-0.25, -0.2) is 8.42 Å². The smallest absolute Gasteiger partial charge is 0.215 e. The highest BCUT2D eigenvalue weighted by Crippen LogP contribution is 2.08. The molecule has 0 spiro atoms. The summed E-state index contributed by atoms with van der Waals surface area (Å²) in [6.07, 6.45) is 4.22. The Labute approximate surface area is 127 Å². The van der Waals surface area contributed by atoms with Crippen LogP contribution in [0.1, 0.15) is 5.56 Å². The molecule has 1 aliphatic rings. The van der Waals surface area contributed by atoms with Crippen molar-refractivity contribution in [1.82, 2.24) is 9.21 Å². The number of rotatable bonds is 6. The van der Waals surface area contributed by atoms with Gasteiger partial charge in [0.15, 0.2) is 0 Å². The van der Waals surface area contributed by atoms with Crippen molar-refractivity contribution >= 4 is 16.1 Å². The van der Waals surface area contributed by atoms with Crippen LogP contribution in [0.5, 0.6) is 0 Å². The molecule has 5 nitrogen and oxygen atoms in total. The van der Waals surface area contributed by atoms with E-state index in [4.69, 9.17) is 5.73 Å². The molecule has 1 aromatic carbocycles. The summed E-state index contributed by atoms with van der Waals surface area (Å²) in [5.41, 5.74) is 6.53. The number of hydrogen-bond donors (Lipinski definition) is 1. The molecule has 0 radical (unpaired) electrons. The van der Waals surface area contributed by atoms with Gasteiger partial charge >= 0.3 is 0 Å². The SMILES string of the molecule is NCCS(=O)(=O)N1CCN(C/C=C/c2ccccc2)CC1. The van der Waals surface area contributed by atoms with Gasteiger partial charge in [-0.3, -0.25) is 4.90 Å². The summed E-state index contributed by atoms with van der Waals surface area (Å²) in [4.78, 5) is 2.26. The van der Waals surface area contributed by atoms with Gasteiger partial charge in [0.05, 0.1) is 5.75 Å². The summed E-state index contributed by atoms with van der Waals surface area (Å²) in [6, 6.07) is 10.2. The van der Waals surface area contributed by atoms with Gasteiger partial charge in [-0.2, -0.15) is 4.31 Å². The summed E-state index contributed by atoms with van der Waals surface area (Å²) < 4.78 is 25.4. The van der Waals surface area contributed by atoms with Crippen LogP contribution in [0.15, 0.2) is 36.4 Å². The van der Waals surface area contributed by atoms with Crippen LogP contribution in [0.2, 0.25) is 0 Å². The summed E-state index contributed by atoms with van der Waals surface area (Å²) in [6.45, 7) is 3.68. The Bertz CT molecular complexity index is 550. The summed E-state index contributed by atoms with van der Waals surface area (Å²) in [5, 5.41) is 0. The minimum Gasteiger partial charge on any atom is -0.329 e. The van der Waals surface area contributed by atoms with E-state index in [1.54, 1.807) is 4.31 Å². The Morgan fingerprint density at radius 2 is 1.76 bits per heavy atom. The second-order valence-electron chi connectivity index (χ2n) is 5.12. The fourth-order valence-corrected chi connectivity index (χ4v) is 3.65. The molecule has 2 rings (SSSR count). The fraction of sp³-hybridized carbons (Fsp3) is 0.467. The zero-order valence-electron chi connectivity index (χ0n) is 12.2. The fourth-order valence-electron chi connectivity index (χ4n) is 2.37. The summed E-state index contributed by atoms with van der Waals surface area (Å²) in [7, 11) is -3.16.